The molecule has 0 radical (unpaired) electrons. The number of nitrogens with zero attached hydrogens (tertiary/aromatic N) is 1. The summed E-state index contributed by atoms with van der Waals surface area (Å²) in [6, 6.07) is 55.8. The second kappa shape index (κ2) is 14.1. The fourth-order valence-electron chi connectivity index (χ4n) is 6.08. The topological polar surface area (TPSA) is 55.3 Å². The van der Waals surface area contributed by atoms with Crippen LogP contribution in [0, 0.1) is 0 Å². The SMILES string of the molecule is Nc1ccc(N(c2ccc(N)cc2)c2ccc(-c3ccc(C=C(c4ccccc4)c4ccc(-c5ccc(C(F)(F)F)cc5)cc4)cc3)cc2)cc1. The minimum absolute atomic E-state index is 0.657. The summed E-state index contributed by atoms with van der Waals surface area (Å²) < 4.78 is 39.2. The summed E-state index contributed by atoms with van der Waals surface area (Å²) in [4.78, 5) is 2.16. The van der Waals surface area contributed by atoms with Gasteiger partial charge in [0.1, 0.15) is 0 Å². The van der Waals surface area contributed by atoms with E-state index in [-0.39, 0.29) is 0 Å². The first-order valence-corrected chi connectivity index (χ1v) is 16.5. The molecule has 7 aromatic rings. The molecule has 51 heavy (non-hydrogen) atoms. The predicted molar refractivity (Wildman–Crippen MR) is 206 cm³/mol. The number of alkyl halides is 3. The highest BCUT2D eigenvalue weighted by Gasteiger charge is 2.30. The largest absolute Gasteiger partial charge is 0.416 e. The number of rotatable bonds is 8. The molecule has 0 heterocycles. The smallest absolute Gasteiger partial charge is 0.399 e. The molecule has 0 atom stereocenters. The zero-order chi connectivity index (χ0) is 35.4. The zero-order valence-corrected chi connectivity index (χ0v) is 27.6. The van der Waals surface area contributed by atoms with E-state index in [9.17, 15) is 13.2 Å². The van der Waals surface area contributed by atoms with E-state index in [1.54, 1.807) is 0 Å². The third-order valence-corrected chi connectivity index (χ3v) is 8.81. The van der Waals surface area contributed by atoms with Gasteiger partial charge >= 0.3 is 6.18 Å². The average Bonchev–Trinajstić information content (AvgIpc) is 3.16. The Labute approximate surface area is 295 Å². The maximum atomic E-state index is 13.1. The molecule has 0 saturated heterocycles. The van der Waals surface area contributed by atoms with E-state index in [0.717, 1.165) is 73.7 Å². The zero-order valence-electron chi connectivity index (χ0n) is 27.6. The van der Waals surface area contributed by atoms with E-state index >= 15 is 0 Å². The third kappa shape index (κ3) is 7.56. The van der Waals surface area contributed by atoms with Gasteiger partial charge in [-0.2, -0.15) is 13.2 Å². The van der Waals surface area contributed by atoms with Gasteiger partial charge in [0.15, 0.2) is 0 Å². The van der Waals surface area contributed by atoms with Gasteiger partial charge in [0.2, 0.25) is 0 Å². The average molecular weight is 674 g/mol. The normalized spacial score (nSPS) is 11.7. The number of nitrogens with two attached hydrogens (primary N) is 2. The maximum Gasteiger partial charge on any atom is 0.416 e. The van der Waals surface area contributed by atoms with Gasteiger partial charge in [0.25, 0.3) is 0 Å². The molecule has 0 amide bonds. The molecular formula is C45H34F3N3. The molecule has 0 bridgehead atoms. The fraction of sp³-hybridized carbons (Fsp3) is 0.0222. The lowest BCUT2D eigenvalue weighted by Gasteiger charge is -2.26. The summed E-state index contributed by atoms with van der Waals surface area (Å²) in [5.74, 6) is 0. The van der Waals surface area contributed by atoms with Crippen molar-refractivity contribution in [3.8, 4) is 22.3 Å². The van der Waals surface area contributed by atoms with E-state index in [2.05, 4.69) is 71.6 Å². The van der Waals surface area contributed by atoms with E-state index in [0.29, 0.717) is 11.4 Å². The number of benzene rings is 7. The van der Waals surface area contributed by atoms with Crippen LogP contribution in [0.1, 0.15) is 22.3 Å². The Hall–Kier alpha value is -6.53. The van der Waals surface area contributed by atoms with E-state index in [4.69, 9.17) is 11.5 Å². The minimum atomic E-state index is -4.36. The lowest BCUT2D eigenvalue weighted by Crippen LogP contribution is -2.10. The van der Waals surface area contributed by atoms with Crippen molar-refractivity contribution in [3.63, 3.8) is 0 Å². The lowest BCUT2D eigenvalue weighted by molar-refractivity contribution is -0.137. The van der Waals surface area contributed by atoms with Crippen LogP contribution in [0.3, 0.4) is 0 Å². The van der Waals surface area contributed by atoms with E-state index in [1.165, 1.54) is 12.1 Å². The summed E-state index contributed by atoms with van der Waals surface area (Å²) >= 11 is 0. The minimum Gasteiger partial charge on any atom is -0.399 e. The lowest BCUT2D eigenvalue weighted by atomic mass is 9.93. The number of hydrogen-bond donors (Lipinski definition) is 2. The monoisotopic (exact) mass is 673 g/mol. The third-order valence-electron chi connectivity index (χ3n) is 8.81. The van der Waals surface area contributed by atoms with Crippen LogP contribution < -0.4 is 16.4 Å². The number of hydrogen-bond acceptors (Lipinski definition) is 3. The molecule has 7 aromatic carbocycles. The van der Waals surface area contributed by atoms with Gasteiger partial charge in [-0.3, -0.25) is 0 Å². The van der Waals surface area contributed by atoms with E-state index in [1.807, 2.05) is 91.0 Å². The summed E-state index contributed by atoms with van der Waals surface area (Å²) in [7, 11) is 0. The summed E-state index contributed by atoms with van der Waals surface area (Å²) in [5.41, 5.74) is 23.6. The second-order valence-electron chi connectivity index (χ2n) is 12.3. The molecular weight excluding hydrogens is 640 g/mol. The Kier molecular flexibility index (Phi) is 9.15. The maximum absolute atomic E-state index is 13.1. The van der Waals surface area contributed by atoms with Crippen molar-refractivity contribution >= 4 is 40.1 Å². The van der Waals surface area contributed by atoms with Gasteiger partial charge < -0.3 is 16.4 Å². The van der Waals surface area contributed by atoms with Crippen molar-refractivity contribution in [1.29, 1.82) is 0 Å². The van der Waals surface area contributed by atoms with Gasteiger partial charge in [0, 0.05) is 28.4 Å². The first-order valence-electron chi connectivity index (χ1n) is 16.5. The van der Waals surface area contributed by atoms with Crippen LogP contribution in [0.4, 0.5) is 41.6 Å². The molecule has 0 aliphatic heterocycles. The molecule has 0 aliphatic carbocycles. The molecule has 4 N–H and O–H groups in total. The van der Waals surface area contributed by atoms with Crippen LogP contribution in [0.15, 0.2) is 176 Å². The van der Waals surface area contributed by atoms with Gasteiger partial charge in [-0.05, 0) is 123 Å². The number of nitrogen functional groups attached to an aromatic ring is 2. The number of halogens is 3. The van der Waals surface area contributed by atoms with Gasteiger partial charge in [0.05, 0.1) is 5.56 Å². The highest BCUT2D eigenvalue weighted by molar-refractivity contribution is 5.92. The first kappa shape index (κ1) is 33.0. The van der Waals surface area contributed by atoms with Crippen molar-refractivity contribution in [2.45, 2.75) is 6.18 Å². The fourth-order valence-corrected chi connectivity index (χ4v) is 6.08. The summed E-state index contributed by atoms with van der Waals surface area (Å²) in [6.45, 7) is 0. The predicted octanol–water partition coefficient (Wildman–Crippen LogP) is 12.3. The number of anilines is 5. The molecule has 250 valence electrons. The Morgan fingerprint density at radius 2 is 0.804 bits per heavy atom. The van der Waals surface area contributed by atoms with Crippen LogP contribution in [0.5, 0.6) is 0 Å². The molecule has 0 aromatic heterocycles. The van der Waals surface area contributed by atoms with Crippen molar-refractivity contribution in [2.24, 2.45) is 0 Å². The molecule has 7 rings (SSSR count). The van der Waals surface area contributed by atoms with Crippen molar-refractivity contribution < 1.29 is 13.2 Å². The van der Waals surface area contributed by atoms with Crippen molar-refractivity contribution in [1.82, 2.24) is 0 Å². The highest BCUT2D eigenvalue weighted by Crippen LogP contribution is 2.37. The molecule has 0 fully saturated rings. The Morgan fingerprint density at radius 3 is 1.25 bits per heavy atom. The van der Waals surface area contributed by atoms with Crippen LogP contribution in [-0.2, 0) is 6.18 Å². The van der Waals surface area contributed by atoms with Crippen LogP contribution in [0.2, 0.25) is 0 Å². The molecule has 0 aliphatic rings. The highest BCUT2D eigenvalue weighted by atomic mass is 19.4. The Bertz CT molecular complexity index is 2200. The Balaban J connectivity index is 1.15. The first-order chi connectivity index (χ1) is 24.7. The summed E-state index contributed by atoms with van der Waals surface area (Å²) in [6.07, 6.45) is -2.20. The van der Waals surface area contributed by atoms with Gasteiger partial charge in [-0.25, -0.2) is 0 Å². The molecule has 6 heteroatoms. The molecule has 0 spiro atoms. The Morgan fingerprint density at radius 1 is 0.431 bits per heavy atom. The standard InChI is InChI=1S/C45H34F3N3/c46-45(47,48)38-18-14-34(15-19-38)33-10-12-37(13-11-33)44(36-4-2-1-3-5-36)30-31-6-8-32(9-7-31)35-16-24-41(25-17-35)51(42-26-20-39(49)21-27-42)43-28-22-40(50)23-29-43/h1-30H,49-50H2. The quantitative estimate of drug-likeness (QED) is 0.125. The summed E-state index contributed by atoms with van der Waals surface area (Å²) in [5, 5.41) is 0. The van der Waals surface area contributed by atoms with E-state index < -0.39 is 11.7 Å². The van der Waals surface area contributed by atoms with Crippen LogP contribution >= 0.6 is 0 Å². The van der Waals surface area contributed by atoms with Crippen LogP contribution in [0.25, 0.3) is 33.9 Å². The van der Waals surface area contributed by atoms with Crippen molar-refractivity contribution in [2.75, 3.05) is 16.4 Å². The van der Waals surface area contributed by atoms with Gasteiger partial charge in [-0.15, -0.1) is 0 Å². The second-order valence-corrected chi connectivity index (χ2v) is 12.3. The van der Waals surface area contributed by atoms with Crippen molar-refractivity contribution in [3.05, 3.63) is 198 Å². The molecule has 0 unspecified atom stereocenters. The van der Waals surface area contributed by atoms with Crippen LogP contribution in [-0.4, -0.2) is 0 Å². The molecule has 3 nitrogen and oxygen atoms in total. The van der Waals surface area contributed by atoms with Gasteiger partial charge in [-0.1, -0.05) is 103 Å². The molecule has 0 saturated carbocycles.